The molecule has 0 atom stereocenters. The third-order valence-electron chi connectivity index (χ3n) is 2.62. The molecule has 0 bridgehead atoms. The quantitative estimate of drug-likeness (QED) is 0.758. The zero-order chi connectivity index (χ0) is 13.1. The van der Waals surface area contributed by atoms with Crippen LogP contribution in [0.15, 0.2) is 0 Å². The van der Waals surface area contributed by atoms with Crippen molar-refractivity contribution >= 4 is 0 Å². The van der Waals surface area contributed by atoms with Crippen molar-refractivity contribution in [2.75, 3.05) is 26.6 Å². The first-order valence-electron chi connectivity index (χ1n) is 6.40. The van der Waals surface area contributed by atoms with E-state index in [1.54, 1.807) is 5.01 Å². The molecule has 1 aliphatic heterocycles. The summed E-state index contributed by atoms with van der Waals surface area (Å²) in [5, 5.41) is 3.71. The zero-order valence-corrected chi connectivity index (χ0v) is 11.9. The first-order chi connectivity index (χ1) is 7.76. The van der Waals surface area contributed by atoms with Gasteiger partial charge in [0, 0.05) is 6.54 Å². The van der Waals surface area contributed by atoms with Crippen LogP contribution in [0.5, 0.6) is 0 Å². The minimum Gasteiger partial charge on any atom is -0.294 e. The predicted molar refractivity (Wildman–Crippen MR) is 69.5 cm³/mol. The second-order valence-corrected chi connectivity index (χ2v) is 6.35. The van der Waals surface area contributed by atoms with Gasteiger partial charge in [-0.25, -0.2) is 5.01 Å². The lowest BCUT2D eigenvalue weighted by Crippen LogP contribution is -2.57. The van der Waals surface area contributed by atoms with Crippen molar-refractivity contribution in [1.29, 1.82) is 0 Å². The predicted octanol–water partition coefficient (Wildman–Crippen LogP) is 1.43. The lowest BCUT2D eigenvalue weighted by atomic mass is 9.92. The molecular weight excluding hydrogens is 216 g/mol. The van der Waals surface area contributed by atoms with Gasteiger partial charge in [0.25, 0.3) is 0 Å². The molecule has 2 N–H and O–H groups in total. The van der Waals surface area contributed by atoms with E-state index in [1.165, 1.54) is 0 Å². The van der Waals surface area contributed by atoms with Crippen molar-refractivity contribution in [2.24, 2.45) is 11.3 Å². The van der Waals surface area contributed by atoms with Gasteiger partial charge in [-0.05, 0) is 25.7 Å². The lowest BCUT2D eigenvalue weighted by molar-refractivity contribution is -0.254. The molecule has 102 valence electrons. The maximum atomic E-state index is 5.90. The van der Waals surface area contributed by atoms with E-state index in [9.17, 15) is 0 Å². The van der Waals surface area contributed by atoms with Gasteiger partial charge in [-0.1, -0.05) is 20.8 Å². The molecule has 0 spiro atoms. The number of nitrogens with zero attached hydrogens (tertiary/aromatic N) is 3. The molecule has 0 aliphatic carbocycles. The number of hydrogen-bond donors (Lipinski definition) is 1. The minimum atomic E-state index is 0.200. The summed E-state index contributed by atoms with van der Waals surface area (Å²) in [5.41, 5.74) is 0.362. The topological polar surface area (TPSA) is 45.0 Å². The van der Waals surface area contributed by atoms with Crippen LogP contribution in [0.4, 0.5) is 0 Å². The third kappa shape index (κ3) is 6.33. The highest BCUT2D eigenvalue weighted by atomic mass is 16.7. The minimum absolute atomic E-state index is 0.200. The van der Waals surface area contributed by atoms with Crippen molar-refractivity contribution in [3.05, 3.63) is 0 Å². The maximum absolute atomic E-state index is 5.90. The summed E-state index contributed by atoms with van der Waals surface area (Å²) in [5.74, 6) is 5.90. The molecule has 0 amide bonds. The Morgan fingerprint density at radius 3 is 2.35 bits per heavy atom. The number of nitrogens with two attached hydrogens (primary N) is 1. The SMILES string of the molecule is CC(C)ON1CN(N)CN(CCC(C)(C)C)C1. The Morgan fingerprint density at radius 1 is 1.18 bits per heavy atom. The van der Waals surface area contributed by atoms with E-state index in [0.717, 1.165) is 26.3 Å². The van der Waals surface area contributed by atoms with Crippen molar-refractivity contribution < 1.29 is 4.84 Å². The van der Waals surface area contributed by atoms with Gasteiger partial charge in [0.15, 0.2) is 0 Å². The molecular formula is C12H28N4O. The van der Waals surface area contributed by atoms with E-state index in [1.807, 2.05) is 18.9 Å². The molecule has 1 fully saturated rings. The molecule has 1 heterocycles. The summed E-state index contributed by atoms with van der Waals surface area (Å²) in [6.07, 6.45) is 1.36. The van der Waals surface area contributed by atoms with Crippen molar-refractivity contribution in [1.82, 2.24) is 15.0 Å². The first-order valence-corrected chi connectivity index (χ1v) is 6.40. The van der Waals surface area contributed by atoms with Crippen LogP contribution in [0.2, 0.25) is 0 Å². The molecule has 17 heavy (non-hydrogen) atoms. The van der Waals surface area contributed by atoms with Crippen molar-refractivity contribution in [3.8, 4) is 0 Å². The molecule has 1 aliphatic rings. The Labute approximate surface area is 105 Å². The van der Waals surface area contributed by atoms with Crippen LogP contribution in [0, 0.1) is 5.41 Å². The number of hydroxylamine groups is 2. The fourth-order valence-electron chi connectivity index (χ4n) is 1.82. The van der Waals surface area contributed by atoms with E-state index in [2.05, 4.69) is 25.7 Å². The van der Waals surface area contributed by atoms with Crippen LogP contribution in [0.1, 0.15) is 41.0 Å². The van der Waals surface area contributed by atoms with E-state index in [4.69, 9.17) is 10.7 Å². The molecule has 0 radical (unpaired) electrons. The highest BCUT2D eigenvalue weighted by Crippen LogP contribution is 2.19. The van der Waals surface area contributed by atoms with Crippen LogP contribution >= 0.6 is 0 Å². The summed E-state index contributed by atoms with van der Waals surface area (Å²) < 4.78 is 0. The van der Waals surface area contributed by atoms with Gasteiger partial charge in [-0.2, -0.15) is 5.06 Å². The second kappa shape index (κ2) is 6.11. The van der Waals surface area contributed by atoms with E-state index >= 15 is 0 Å². The maximum Gasteiger partial charge on any atom is 0.0918 e. The molecule has 0 aromatic rings. The largest absolute Gasteiger partial charge is 0.294 e. The Hall–Kier alpha value is -0.200. The van der Waals surface area contributed by atoms with Gasteiger partial charge in [0.05, 0.1) is 26.1 Å². The molecule has 0 unspecified atom stereocenters. The number of hydrazine groups is 1. The second-order valence-electron chi connectivity index (χ2n) is 6.35. The Balaban J connectivity index is 2.39. The zero-order valence-electron chi connectivity index (χ0n) is 11.9. The summed E-state index contributed by atoms with van der Waals surface area (Å²) >= 11 is 0. The Morgan fingerprint density at radius 2 is 1.82 bits per heavy atom. The fourth-order valence-corrected chi connectivity index (χ4v) is 1.82. The van der Waals surface area contributed by atoms with Crippen molar-refractivity contribution in [3.63, 3.8) is 0 Å². The summed E-state index contributed by atoms with van der Waals surface area (Å²) in [6.45, 7) is 14.2. The standard InChI is InChI=1S/C12H28N4O/c1-11(2)17-16-9-14(8-15(13)10-16)7-6-12(3,4)5/h11H,6-10,13H2,1-5H3. The van der Waals surface area contributed by atoms with Gasteiger partial charge < -0.3 is 0 Å². The smallest absolute Gasteiger partial charge is 0.0918 e. The number of rotatable bonds is 4. The molecule has 1 rings (SSSR count). The monoisotopic (exact) mass is 244 g/mol. The van der Waals surface area contributed by atoms with Gasteiger partial charge >= 0.3 is 0 Å². The van der Waals surface area contributed by atoms with E-state index in [-0.39, 0.29) is 6.10 Å². The molecule has 0 saturated carbocycles. The first kappa shape index (κ1) is 14.9. The van der Waals surface area contributed by atoms with Crippen LogP contribution in [0.25, 0.3) is 0 Å². The van der Waals surface area contributed by atoms with Gasteiger partial charge in [-0.15, -0.1) is 0 Å². The van der Waals surface area contributed by atoms with Crippen LogP contribution in [-0.4, -0.2) is 47.6 Å². The van der Waals surface area contributed by atoms with Gasteiger partial charge in [0.1, 0.15) is 0 Å². The highest BCUT2D eigenvalue weighted by Gasteiger charge is 2.23. The highest BCUT2D eigenvalue weighted by molar-refractivity contribution is 4.67. The van der Waals surface area contributed by atoms with E-state index in [0.29, 0.717) is 12.1 Å². The van der Waals surface area contributed by atoms with Crippen molar-refractivity contribution in [2.45, 2.75) is 47.1 Å². The molecule has 5 heteroatoms. The summed E-state index contributed by atoms with van der Waals surface area (Å²) in [7, 11) is 0. The van der Waals surface area contributed by atoms with Gasteiger partial charge in [0.2, 0.25) is 0 Å². The van der Waals surface area contributed by atoms with Crippen LogP contribution in [0.3, 0.4) is 0 Å². The Kier molecular flexibility index (Phi) is 5.34. The van der Waals surface area contributed by atoms with Crippen LogP contribution < -0.4 is 5.84 Å². The molecule has 5 nitrogen and oxygen atoms in total. The number of hydrogen-bond acceptors (Lipinski definition) is 5. The van der Waals surface area contributed by atoms with Gasteiger partial charge in [-0.3, -0.25) is 15.6 Å². The fraction of sp³-hybridized carbons (Fsp3) is 1.00. The molecule has 0 aromatic heterocycles. The third-order valence-corrected chi connectivity index (χ3v) is 2.62. The molecule has 0 aromatic carbocycles. The molecule has 1 saturated heterocycles. The summed E-state index contributed by atoms with van der Waals surface area (Å²) in [6, 6.07) is 0. The van der Waals surface area contributed by atoms with Crippen LogP contribution in [-0.2, 0) is 4.84 Å². The summed E-state index contributed by atoms with van der Waals surface area (Å²) in [4.78, 5) is 8.01. The normalized spacial score (nSPS) is 21.4. The van der Waals surface area contributed by atoms with E-state index < -0.39 is 0 Å². The average Bonchev–Trinajstić information content (AvgIpc) is 2.11. The average molecular weight is 244 g/mol. The lowest BCUT2D eigenvalue weighted by Gasteiger charge is -2.40. The Bertz CT molecular complexity index is 225.